The summed E-state index contributed by atoms with van der Waals surface area (Å²) in [6, 6.07) is 30.9. The van der Waals surface area contributed by atoms with Gasteiger partial charge in [-0.05, 0) is 22.3 Å². The van der Waals surface area contributed by atoms with Crippen LogP contribution in [0.1, 0.15) is 22.6 Å². The average Bonchev–Trinajstić information content (AvgIpc) is 3.13. The molecule has 0 aromatic heterocycles. The Morgan fingerprint density at radius 3 is 1.69 bits per heavy atom. The number of hydrogen-bond donors (Lipinski definition) is 0. The van der Waals surface area contributed by atoms with Crippen LogP contribution in [0.25, 0.3) is 21.9 Å². The molecule has 0 spiro atoms. The van der Waals surface area contributed by atoms with Crippen LogP contribution in [-0.4, -0.2) is 0 Å². The molecule has 0 radical (unpaired) electrons. The molecular formula is C22H15F3Hf. The van der Waals surface area contributed by atoms with Crippen molar-refractivity contribution >= 4 is 10.8 Å². The Labute approximate surface area is 169 Å². The molecule has 0 bridgehead atoms. The molecule has 0 aliphatic heterocycles. The molecular weight excluding hydrogens is 500 g/mol. The van der Waals surface area contributed by atoms with Crippen LogP contribution in [0.2, 0.25) is 0 Å². The second-order valence-electron chi connectivity index (χ2n) is 6.03. The van der Waals surface area contributed by atoms with Crippen LogP contribution in [-0.2, 0) is 25.8 Å². The molecule has 0 saturated carbocycles. The van der Waals surface area contributed by atoms with Gasteiger partial charge in [-0.2, -0.15) is 6.07 Å². The third-order valence-electron chi connectivity index (χ3n) is 4.81. The quantitative estimate of drug-likeness (QED) is 0.163. The molecule has 5 rings (SSSR count). The fourth-order valence-electron chi connectivity index (χ4n) is 3.86. The Balaban J connectivity index is 0.000000845. The molecule has 0 N–H and O–H groups in total. The van der Waals surface area contributed by atoms with E-state index in [2.05, 4.69) is 84.9 Å². The predicted octanol–water partition coefficient (Wildman–Crippen LogP) is -3.27. The number of benzene rings is 3. The zero-order chi connectivity index (χ0) is 14.5. The van der Waals surface area contributed by atoms with E-state index in [-0.39, 0.29) is 40.0 Å². The molecule has 0 saturated heterocycles. The Kier molecular flexibility index (Phi) is 7.22. The standard InChI is InChI=1S/C22H15.3FH.Hf/c1-2-8-16-14-17(13-15(16)7-1)22-20-11-5-3-9-18(20)19-10-4-6-12-21(19)22;;;;/h1-14,22H;3*1H;/q-1;;;;+4/p-3. The summed E-state index contributed by atoms with van der Waals surface area (Å²) >= 11 is 0. The van der Waals surface area contributed by atoms with Gasteiger partial charge in [0.2, 0.25) is 0 Å². The molecule has 26 heavy (non-hydrogen) atoms. The summed E-state index contributed by atoms with van der Waals surface area (Å²) in [6.07, 6.45) is 0. The molecule has 0 fully saturated rings. The van der Waals surface area contributed by atoms with Gasteiger partial charge < -0.3 is 14.1 Å². The van der Waals surface area contributed by atoms with Gasteiger partial charge >= 0.3 is 25.8 Å². The van der Waals surface area contributed by atoms with E-state index in [9.17, 15) is 0 Å². The van der Waals surface area contributed by atoms with Gasteiger partial charge in [-0.1, -0.05) is 54.6 Å². The fourth-order valence-corrected chi connectivity index (χ4v) is 3.86. The van der Waals surface area contributed by atoms with Crippen LogP contribution >= 0.6 is 0 Å². The van der Waals surface area contributed by atoms with Gasteiger partial charge in [0, 0.05) is 5.92 Å². The largest absolute Gasteiger partial charge is 4.00 e. The van der Waals surface area contributed by atoms with Crippen molar-refractivity contribution in [1.82, 2.24) is 0 Å². The fraction of sp³-hybridized carbons (Fsp3) is 0.0455. The Morgan fingerprint density at radius 1 is 0.615 bits per heavy atom. The molecule has 0 unspecified atom stereocenters. The topological polar surface area (TPSA) is 0 Å². The van der Waals surface area contributed by atoms with E-state index in [4.69, 9.17) is 0 Å². The minimum atomic E-state index is 0. The van der Waals surface area contributed by atoms with Crippen molar-refractivity contribution in [3.63, 3.8) is 0 Å². The second-order valence-corrected chi connectivity index (χ2v) is 6.03. The molecule has 128 valence electrons. The summed E-state index contributed by atoms with van der Waals surface area (Å²) in [5, 5.41) is 2.67. The smallest absolute Gasteiger partial charge is 1.00 e. The van der Waals surface area contributed by atoms with Crippen molar-refractivity contribution in [2.45, 2.75) is 5.92 Å². The predicted molar refractivity (Wildman–Crippen MR) is 92.4 cm³/mol. The number of rotatable bonds is 1. The summed E-state index contributed by atoms with van der Waals surface area (Å²) in [5.74, 6) is 0.361. The molecule has 1 aliphatic carbocycles. The van der Waals surface area contributed by atoms with Crippen LogP contribution < -0.4 is 14.1 Å². The first kappa shape index (κ1) is 22.0. The van der Waals surface area contributed by atoms with Gasteiger partial charge in [-0.15, -0.1) is 40.6 Å². The van der Waals surface area contributed by atoms with Crippen molar-refractivity contribution in [3.05, 3.63) is 102 Å². The number of fused-ring (bicyclic) bond motifs is 4. The third-order valence-corrected chi connectivity index (χ3v) is 4.81. The summed E-state index contributed by atoms with van der Waals surface area (Å²) in [7, 11) is 0. The van der Waals surface area contributed by atoms with Crippen molar-refractivity contribution < 1.29 is 40.0 Å². The van der Waals surface area contributed by atoms with Crippen molar-refractivity contribution in [2.24, 2.45) is 0 Å². The first-order valence-electron chi connectivity index (χ1n) is 7.75. The van der Waals surface area contributed by atoms with E-state index in [1.807, 2.05) is 0 Å². The molecule has 0 atom stereocenters. The third kappa shape index (κ3) is 3.18. The monoisotopic (exact) mass is 516 g/mol. The maximum absolute atomic E-state index is 2.35. The number of halogens is 3. The van der Waals surface area contributed by atoms with Crippen molar-refractivity contribution in [1.29, 1.82) is 0 Å². The van der Waals surface area contributed by atoms with Gasteiger partial charge in [-0.25, -0.2) is 0 Å². The Hall–Kier alpha value is -2.07. The van der Waals surface area contributed by atoms with Gasteiger partial charge in [0.1, 0.15) is 0 Å². The Bertz CT molecular complexity index is 928. The van der Waals surface area contributed by atoms with Crippen LogP contribution in [0.15, 0.2) is 84.9 Å². The Morgan fingerprint density at radius 2 is 1.12 bits per heavy atom. The minimum absolute atomic E-state index is 0. The molecule has 0 heterocycles. The first-order chi connectivity index (χ1) is 10.9. The van der Waals surface area contributed by atoms with Gasteiger partial charge in [-0.3, -0.25) is 0 Å². The maximum atomic E-state index is 2.35. The van der Waals surface area contributed by atoms with E-state index < -0.39 is 0 Å². The molecule has 4 aromatic rings. The van der Waals surface area contributed by atoms with Crippen LogP contribution in [0.4, 0.5) is 0 Å². The van der Waals surface area contributed by atoms with Crippen LogP contribution in [0.5, 0.6) is 0 Å². The van der Waals surface area contributed by atoms with E-state index in [0.717, 1.165) is 0 Å². The van der Waals surface area contributed by atoms with E-state index in [1.54, 1.807) is 0 Å². The second kappa shape index (κ2) is 8.54. The average molecular weight is 515 g/mol. The molecule has 0 amide bonds. The summed E-state index contributed by atoms with van der Waals surface area (Å²) < 4.78 is 0. The van der Waals surface area contributed by atoms with Crippen molar-refractivity contribution in [2.75, 3.05) is 0 Å². The maximum Gasteiger partial charge on any atom is 4.00 e. The SMILES string of the molecule is [F-].[F-].[F-].[Hf+4].c1ccc2c(c1)-c1ccccc1C2c1cc2ccccc2[cH-]1. The zero-order valence-electron chi connectivity index (χ0n) is 13.8. The molecule has 4 aromatic carbocycles. The van der Waals surface area contributed by atoms with Crippen LogP contribution in [0, 0.1) is 0 Å². The van der Waals surface area contributed by atoms with E-state index in [1.165, 1.54) is 38.6 Å². The van der Waals surface area contributed by atoms with Crippen LogP contribution in [0.3, 0.4) is 0 Å². The zero-order valence-corrected chi connectivity index (χ0v) is 17.4. The summed E-state index contributed by atoms with van der Waals surface area (Å²) in [5.41, 5.74) is 7.03. The van der Waals surface area contributed by atoms with Gasteiger partial charge in [0.05, 0.1) is 0 Å². The number of hydrogen-bond acceptors (Lipinski definition) is 0. The molecule has 4 heteroatoms. The molecule has 0 nitrogen and oxygen atoms in total. The van der Waals surface area contributed by atoms with Gasteiger partial charge in [0.15, 0.2) is 0 Å². The molecule has 1 aliphatic rings. The van der Waals surface area contributed by atoms with Crippen molar-refractivity contribution in [3.8, 4) is 11.1 Å². The summed E-state index contributed by atoms with van der Waals surface area (Å²) in [6.45, 7) is 0. The van der Waals surface area contributed by atoms with E-state index >= 15 is 0 Å². The van der Waals surface area contributed by atoms with E-state index in [0.29, 0.717) is 5.92 Å². The van der Waals surface area contributed by atoms with Gasteiger partial charge in [0.25, 0.3) is 0 Å². The first-order valence-corrected chi connectivity index (χ1v) is 7.75. The normalized spacial score (nSPS) is 11.2. The minimum Gasteiger partial charge on any atom is -1.00 e. The summed E-state index contributed by atoms with van der Waals surface area (Å²) in [4.78, 5) is 0.